The first-order valence-electron chi connectivity index (χ1n) is 22.7. The van der Waals surface area contributed by atoms with Crippen molar-refractivity contribution >= 4 is 55.2 Å². The van der Waals surface area contributed by atoms with Crippen molar-refractivity contribution in [3.8, 4) is 23.3 Å². The van der Waals surface area contributed by atoms with E-state index in [0.717, 1.165) is 76.1 Å². The van der Waals surface area contributed by atoms with E-state index in [1.807, 2.05) is 48.8 Å². The first kappa shape index (κ1) is 44.3. The lowest BCUT2D eigenvalue weighted by atomic mass is 9.75. The summed E-state index contributed by atoms with van der Waals surface area (Å²) in [5.41, 5.74) is 4.28. The van der Waals surface area contributed by atoms with E-state index in [-0.39, 0.29) is 21.9 Å². The maximum absolute atomic E-state index is 6.90. The molecule has 0 N–H and O–H groups in total. The number of alkyl halides is 1. The van der Waals surface area contributed by atoms with Crippen LogP contribution in [0.25, 0.3) is 32.6 Å². The van der Waals surface area contributed by atoms with Crippen LogP contribution in [0.1, 0.15) is 82.8 Å². The highest BCUT2D eigenvalue weighted by Crippen LogP contribution is 2.41. The van der Waals surface area contributed by atoms with Gasteiger partial charge in [0.05, 0.1) is 53.3 Å². The Bertz CT molecular complexity index is 2450. The zero-order valence-electron chi connectivity index (χ0n) is 37.5. The third kappa shape index (κ3) is 9.31. The minimum Gasteiger partial charge on any atom is -0.497 e. The molecule has 3 aromatic heterocycles. The summed E-state index contributed by atoms with van der Waals surface area (Å²) in [4.78, 5) is 14.7. The number of piperidine rings is 2. The summed E-state index contributed by atoms with van der Waals surface area (Å²) < 4.78 is 25.3. The summed E-state index contributed by atoms with van der Waals surface area (Å²) in [5, 5.41) is 13.5. The molecule has 8 rings (SSSR count). The maximum atomic E-state index is 6.90. The Balaban J connectivity index is 1.11. The molecule has 2 saturated heterocycles. The number of rotatable bonds is 16. The van der Waals surface area contributed by atoms with Crippen LogP contribution in [0.3, 0.4) is 0 Å². The third-order valence-corrected chi connectivity index (χ3v) is 16.1. The van der Waals surface area contributed by atoms with E-state index in [1.54, 1.807) is 14.2 Å². The van der Waals surface area contributed by atoms with Crippen molar-refractivity contribution < 1.29 is 18.9 Å². The minimum atomic E-state index is 0.0110. The molecule has 5 heterocycles. The molecular weight excluding hydrogens is 888 g/mol. The van der Waals surface area contributed by atoms with Crippen molar-refractivity contribution in [1.82, 2.24) is 30.0 Å². The van der Waals surface area contributed by atoms with E-state index < -0.39 is 0 Å². The van der Waals surface area contributed by atoms with Crippen molar-refractivity contribution in [2.45, 2.75) is 81.7 Å². The number of pyridine rings is 2. The summed E-state index contributed by atoms with van der Waals surface area (Å²) in [6.45, 7) is 13.5. The number of fused-ring (bicyclic) bond motifs is 3. The number of methoxy groups -OCH3 is 2. The summed E-state index contributed by atoms with van der Waals surface area (Å²) in [5.74, 6) is 5.38. The van der Waals surface area contributed by atoms with Crippen LogP contribution in [-0.2, 0) is 0 Å². The fourth-order valence-electron chi connectivity index (χ4n) is 10.2. The molecule has 0 aliphatic carbocycles. The van der Waals surface area contributed by atoms with Gasteiger partial charge < -0.3 is 23.8 Å². The van der Waals surface area contributed by atoms with Gasteiger partial charge in [0.2, 0.25) is 11.8 Å². The van der Waals surface area contributed by atoms with Crippen LogP contribution < -0.4 is 18.9 Å². The van der Waals surface area contributed by atoms with Gasteiger partial charge >= 0.3 is 0 Å². The van der Waals surface area contributed by atoms with Crippen molar-refractivity contribution in [3.63, 3.8) is 0 Å². The molecule has 11 heteroatoms. The van der Waals surface area contributed by atoms with Crippen molar-refractivity contribution in [3.05, 3.63) is 96.3 Å². The number of benzene rings is 3. The molecule has 2 fully saturated rings. The Morgan fingerprint density at radius 2 is 1.37 bits per heavy atom. The summed E-state index contributed by atoms with van der Waals surface area (Å²) in [7, 11) is 5.70. The second-order valence-electron chi connectivity index (χ2n) is 17.8. The van der Waals surface area contributed by atoms with Gasteiger partial charge in [-0.15, -0.1) is 10.2 Å². The molecule has 10 nitrogen and oxygen atoms in total. The van der Waals surface area contributed by atoms with Crippen LogP contribution in [0.5, 0.6) is 23.3 Å². The molecule has 0 saturated carbocycles. The minimum absolute atomic E-state index is 0.0110. The number of likely N-dealkylation sites (tertiary alicyclic amines) is 2. The molecule has 62 heavy (non-hydrogen) atoms. The molecule has 2 aliphatic heterocycles. The number of likely N-dealkylation sites (N-methyl/N-ethyl adjacent to an activating group) is 1. The van der Waals surface area contributed by atoms with Crippen LogP contribution in [0, 0.1) is 23.7 Å². The lowest BCUT2D eigenvalue weighted by Crippen LogP contribution is -2.46. The Labute approximate surface area is 381 Å². The van der Waals surface area contributed by atoms with Gasteiger partial charge in [-0.05, 0) is 135 Å². The Kier molecular flexibility index (Phi) is 14.3. The summed E-state index contributed by atoms with van der Waals surface area (Å²) in [6, 6.07) is 25.1. The number of nitrogens with zero attached hydrogens (tertiary/aromatic N) is 6. The van der Waals surface area contributed by atoms with E-state index in [4.69, 9.17) is 39.1 Å². The van der Waals surface area contributed by atoms with Gasteiger partial charge in [0.15, 0.2) is 0 Å². The van der Waals surface area contributed by atoms with Gasteiger partial charge in [0.1, 0.15) is 11.5 Å². The zero-order valence-corrected chi connectivity index (χ0v) is 39.6. The fourth-order valence-corrected chi connectivity index (χ4v) is 11.3. The van der Waals surface area contributed by atoms with Crippen LogP contribution >= 0.6 is 22.6 Å². The van der Waals surface area contributed by atoms with Crippen LogP contribution in [0.15, 0.2) is 85.2 Å². The average molecular weight is 951 g/mol. The van der Waals surface area contributed by atoms with Crippen LogP contribution in [0.4, 0.5) is 0 Å². The standard InChI is InChI=1S/C51H63IN6O4/c1-8-32(3)35-21-24-57(5)48(26-35)44(38-18-22-53-46-16-14-36(59-6)27-42(38)46)30-61-50-40-12-10-11-13-41(40)51(56-55-50)62-31-45(49(52)58-25-20-33(4)34(9-2)29-58)39-19-23-54-47-17-15-37(60-7)28-43(39)47/h10-19,22-23,27-28,32-35,44-45,48-49H,8-9,20-21,24-26,29-31H2,1-7H3/t32?,33?,34?,35?,44-,45-,48+,49-/m0/s1. The van der Waals surface area contributed by atoms with Gasteiger partial charge in [0, 0.05) is 47.6 Å². The SMILES string of the molecule is CCC(C)C1CCN(C)[C@@H]([C@@H](COc2nnc(OC[C@@H](c3ccnc4ccc(OC)cc34)[C@@H](I)N3CCC(C)C(CC)C3)c3ccccc23)c2ccnc3ccc(OC)cc23)C1. The third-order valence-electron chi connectivity index (χ3n) is 14.4. The molecule has 0 bridgehead atoms. The lowest BCUT2D eigenvalue weighted by molar-refractivity contribution is 0.0790. The highest BCUT2D eigenvalue weighted by molar-refractivity contribution is 14.1. The van der Waals surface area contributed by atoms with Gasteiger partial charge in [0.25, 0.3) is 0 Å². The summed E-state index contributed by atoms with van der Waals surface area (Å²) >= 11 is 2.66. The van der Waals surface area contributed by atoms with E-state index in [0.29, 0.717) is 42.7 Å². The van der Waals surface area contributed by atoms with Crippen molar-refractivity contribution in [2.24, 2.45) is 23.7 Å². The van der Waals surface area contributed by atoms with E-state index in [1.165, 1.54) is 36.8 Å². The van der Waals surface area contributed by atoms with E-state index in [2.05, 4.69) is 104 Å². The second-order valence-corrected chi connectivity index (χ2v) is 19.1. The fraction of sp³-hybridized carbons (Fsp3) is 0.490. The normalized spacial score (nSPS) is 22.0. The first-order valence-corrected chi connectivity index (χ1v) is 23.9. The topological polar surface area (TPSA) is 95.0 Å². The quantitative estimate of drug-likeness (QED) is 0.0530. The first-order chi connectivity index (χ1) is 30.2. The smallest absolute Gasteiger partial charge is 0.241 e. The number of hydrogen-bond acceptors (Lipinski definition) is 10. The number of hydrogen-bond donors (Lipinski definition) is 0. The molecule has 6 aromatic rings. The van der Waals surface area contributed by atoms with Crippen LogP contribution in [0.2, 0.25) is 0 Å². The maximum Gasteiger partial charge on any atom is 0.241 e. The highest BCUT2D eigenvalue weighted by Gasteiger charge is 2.37. The molecule has 8 atom stereocenters. The number of halogens is 1. The van der Waals surface area contributed by atoms with E-state index in [9.17, 15) is 0 Å². The van der Waals surface area contributed by atoms with Gasteiger partial charge in [-0.25, -0.2) is 0 Å². The molecular formula is C51H63IN6O4. The Morgan fingerprint density at radius 1 is 0.758 bits per heavy atom. The molecule has 328 valence electrons. The number of aromatic nitrogens is 4. The zero-order chi connectivity index (χ0) is 43.3. The lowest BCUT2D eigenvalue weighted by Gasteiger charge is -2.43. The van der Waals surface area contributed by atoms with Gasteiger partial charge in [-0.1, -0.05) is 75.3 Å². The molecule has 0 radical (unpaired) electrons. The average Bonchev–Trinajstić information content (AvgIpc) is 3.31. The predicted molar refractivity (Wildman–Crippen MR) is 258 cm³/mol. The predicted octanol–water partition coefficient (Wildman–Crippen LogP) is 11.0. The monoisotopic (exact) mass is 950 g/mol. The van der Waals surface area contributed by atoms with Crippen molar-refractivity contribution in [1.29, 1.82) is 0 Å². The second kappa shape index (κ2) is 20.0. The molecule has 3 aromatic carbocycles. The molecule has 0 spiro atoms. The summed E-state index contributed by atoms with van der Waals surface area (Å²) in [6.07, 6.45) is 9.70. The van der Waals surface area contributed by atoms with Crippen molar-refractivity contribution in [2.75, 3.05) is 54.1 Å². The van der Waals surface area contributed by atoms with Gasteiger partial charge in [-0.2, -0.15) is 0 Å². The van der Waals surface area contributed by atoms with Crippen LogP contribution in [-0.4, -0.2) is 94.2 Å². The molecule has 0 amide bonds. The number of ether oxygens (including phenoxy) is 4. The molecule has 4 unspecified atom stereocenters. The molecule has 2 aliphatic rings. The Hall–Kier alpha value is -4.33. The highest BCUT2D eigenvalue weighted by atomic mass is 127. The van der Waals surface area contributed by atoms with E-state index >= 15 is 0 Å². The van der Waals surface area contributed by atoms with Gasteiger partial charge in [-0.3, -0.25) is 14.9 Å². The Morgan fingerprint density at radius 3 is 1.98 bits per heavy atom. The largest absolute Gasteiger partial charge is 0.497 e.